The molecule has 212 valence electrons. The topological polar surface area (TPSA) is 189 Å². The van der Waals surface area contributed by atoms with Crippen molar-refractivity contribution in [3.05, 3.63) is 41.7 Å². The molecule has 1 amide bonds. The molecule has 0 aliphatic rings. The van der Waals surface area contributed by atoms with Crippen molar-refractivity contribution < 1.29 is 23.9 Å². The first-order chi connectivity index (χ1) is 18.7. The van der Waals surface area contributed by atoms with E-state index in [4.69, 9.17) is 16.2 Å². The number of fused-ring (bicyclic) bond motifs is 1. The van der Waals surface area contributed by atoms with Crippen molar-refractivity contribution in [2.24, 2.45) is 0 Å². The van der Waals surface area contributed by atoms with Crippen LogP contribution in [0.1, 0.15) is 56.6 Å². The number of nitrogen functional groups attached to an aromatic ring is 2. The van der Waals surface area contributed by atoms with E-state index in [1.54, 1.807) is 30.5 Å². The lowest BCUT2D eigenvalue weighted by Crippen LogP contribution is -2.41. The van der Waals surface area contributed by atoms with Crippen LogP contribution in [-0.4, -0.2) is 65.1 Å². The van der Waals surface area contributed by atoms with Crippen molar-refractivity contribution in [1.82, 2.24) is 25.3 Å². The first-order valence-electron chi connectivity index (χ1n) is 12.5. The van der Waals surface area contributed by atoms with E-state index in [0.717, 1.165) is 5.69 Å². The minimum absolute atomic E-state index is 0.0275. The van der Waals surface area contributed by atoms with Gasteiger partial charge in [0.05, 0.1) is 32.7 Å². The maximum absolute atomic E-state index is 12.6. The van der Waals surface area contributed by atoms with E-state index in [2.05, 4.69) is 30.0 Å². The number of rotatable bonds is 9. The Morgan fingerprint density at radius 2 is 1.62 bits per heavy atom. The molecule has 0 radical (unpaired) electrons. The number of ether oxygens (including phenoxy) is 2. The number of carbonyl (C=O) groups excluding carboxylic acids is 3. The van der Waals surface area contributed by atoms with Crippen molar-refractivity contribution in [3.63, 3.8) is 0 Å². The number of nitrogens with zero attached hydrogens (tertiary/aromatic N) is 5. The number of amides is 1. The van der Waals surface area contributed by atoms with Gasteiger partial charge in [-0.15, -0.1) is 0 Å². The van der Waals surface area contributed by atoms with Crippen LogP contribution in [0.3, 0.4) is 0 Å². The first-order valence-corrected chi connectivity index (χ1v) is 12.5. The van der Waals surface area contributed by atoms with Crippen LogP contribution in [-0.2, 0) is 25.6 Å². The van der Waals surface area contributed by atoms with Gasteiger partial charge in [0.25, 0.3) is 5.91 Å². The fourth-order valence-corrected chi connectivity index (χ4v) is 3.26. The minimum Gasteiger partial charge on any atom is -0.469 e. The Morgan fingerprint density at radius 3 is 2.21 bits per heavy atom. The average molecular weight is 543 g/mol. The number of anilines is 3. The summed E-state index contributed by atoms with van der Waals surface area (Å²) in [6.45, 7) is 8.40. The smallest absolute Gasteiger partial charge is 0.328 e. The number of methoxy groups -OCH3 is 2. The van der Waals surface area contributed by atoms with Crippen molar-refractivity contribution in [1.29, 1.82) is 0 Å². The van der Waals surface area contributed by atoms with E-state index < -0.39 is 23.9 Å². The van der Waals surface area contributed by atoms with E-state index in [1.807, 2.05) is 39.6 Å². The van der Waals surface area contributed by atoms with E-state index in [0.29, 0.717) is 29.0 Å². The number of aromatic nitrogens is 4. The van der Waals surface area contributed by atoms with Gasteiger partial charge in [-0.2, -0.15) is 9.97 Å². The molecule has 3 aromatic rings. The van der Waals surface area contributed by atoms with Gasteiger partial charge in [0.2, 0.25) is 5.95 Å². The molecule has 1 unspecified atom stereocenters. The molecule has 2 aromatic heterocycles. The lowest BCUT2D eigenvalue weighted by Gasteiger charge is -2.20. The van der Waals surface area contributed by atoms with Crippen LogP contribution >= 0.6 is 0 Å². The number of esters is 2. The summed E-state index contributed by atoms with van der Waals surface area (Å²) in [5.41, 5.74) is 13.9. The summed E-state index contributed by atoms with van der Waals surface area (Å²) in [5.74, 6) is -1.44. The first kappa shape index (κ1) is 32.5. The van der Waals surface area contributed by atoms with Crippen LogP contribution < -0.4 is 21.7 Å². The second-order valence-electron chi connectivity index (χ2n) is 7.57. The molecule has 0 spiro atoms. The third kappa shape index (κ3) is 9.36. The molecule has 3 rings (SSSR count). The molecule has 1 aromatic carbocycles. The Labute approximate surface area is 228 Å². The quantitative estimate of drug-likeness (QED) is 0.336. The standard InChI is InChI=1S/C22H26N8O5.2C2H6/c1-30(11-13-10-25-19-17(26-13)18(23)28-22(24)29-19)14-6-4-12(5-7-14)20(32)27-15(21(33)35-3)8-9-16(31)34-2;2*1-2/h4-7,10,15H,8-9,11H2,1-3H3,(H,27,32)(H4,23,24,25,28,29);2*1-2H3. The predicted molar refractivity (Wildman–Crippen MR) is 150 cm³/mol. The summed E-state index contributed by atoms with van der Waals surface area (Å²) in [6, 6.07) is 5.77. The van der Waals surface area contributed by atoms with Crippen LogP contribution in [0.15, 0.2) is 30.5 Å². The molecule has 13 heteroatoms. The van der Waals surface area contributed by atoms with Crippen LogP contribution in [0.5, 0.6) is 0 Å². The molecule has 13 nitrogen and oxygen atoms in total. The third-order valence-electron chi connectivity index (χ3n) is 5.13. The number of hydrogen-bond donors (Lipinski definition) is 3. The van der Waals surface area contributed by atoms with Crippen molar-refractivity contribution in [3.8, 4) is 0 Å². The van der Waals surface area contributed by atoms with Gasteiger partial charge in [-0.05, 0) is 30.7 Å². The second kappa shape index (κ2) is 16.3. The highest BCUT2D eigenvalue weighted by Gasteiger charge is 2.23. The fraction of sp³-hybridized carbons (Fsp3) is 0.423. The SMILES string of the molecule is CC.CC.COC(=O)CCC(NC(=O)c1ccc(N(C)Cc2cnc3nc(N)nc(N)c3n2)cc1)C(=O)OC. The normalized spacial score (nSPS) is 10.6. The molecule has 5 N–H and O–H groups in total. The highest BCUT2D eigenvalue weighted by atomic mass is 16.5. The van der Waals surface area contributed by atoms with Crippen molar-refractivity contribution in [2.45, 2.75) is 53.1 Å². The molecule has 0 fully saturated rings. The molecule has 0 saturated carbocycles. The fourth-order valence-electron chi connectivity index (χ4n) is 3.26. The highest BCUT2D eigenvalue weighted by Crippen LogP contribution is 2.19. The van der Waals surface area contributed by atoms with Gasteiger partial charge in [-0.25, -0.2) is 14.8 Å². The molecule has 0 aliphatic heterocycles. The lowest BCUT2D eigenvalue weighted by atomic mass is 10.1. The average Bonchev–Trinajstić information content (AvgIpc) is 2.96. The van der Waals surface area contributed by atoms with E-state index >= 15 is 0 Å². The van der Waals surface area contributed by atoms with Gasteiger partial charge in [-0.1, -0.05) is 27.7 Å². The number of hydrogen-bond acceptors (Lipinski definition) is 12. The Balaban J connectivity index is 0.00000181. The van der Waals surface area contributed by atoms with E-state index in [1.165, 1.54) is 14.2 Å². The summed E-state index contributed by atoms with van der Waals surface area (Å²) in [4.78, 5) is 54.6. The number of nitrogens with two attached hydrogens (primary N) is 2. The zero-order valence-corrected chi connectivity index (χ0v) is 23.5. The van der Waals surface area contributed by atoms with Gasteiger partial charge in [0.15, 0.2) is 17.0 Å². The monoisotopic (exact) mass is 542 g/mol. The van der Waals surface area contributed by atoms with E-state index in [9.17, 15) is 14.4 Å². The molecule has 0 aliphatic carbocycles. The predicted octanol–water partition coefficient (Wildman–Crippen LogP) is 2.50. The zero-order valence-electron chi connectivity index (χ0n) is 23.5. The molecule has 0 saturated heterocycles. The zero-order chi connectivity index (χ0) is 29.5. The maximum atomic E-state index is 12.6. The number of carbonyl (C=O) groups is 3. The third-order valence-corrected chi connectivity index (χ3v) is 5.13. The van der Waals surface area contributed by atoms with Gasteiger partial charge < -0.3 is 31.2 Å². The largest absolute Gasteiger partial charge is 0.469 e. The lowest BCUT2D eigenvalue weighted by molar-refractivity contribution is -0.144. The Kier molecular flexibility index (Phi) is 13.6. The van der Waals surface area contributed by atoms with Crippen LogP contribution in [0, 0.1) is 0 Å². The summed E-state index contributed by atoms with van der Waals surface area (Å²) in [7, 11) is 4.31. The van der Waals surface area contributed by atoms with Gasteiger partial charge >= 0.3 is 11.9 Å². The summed E-state index contributed by atoms with van der Waals surface area (Å²) >= 11 is 0. The van der Waals surface area contributed by atoms with E-state index in [-0.39, 0.29) is 24.6 Å². The summed E-state index contributed by atoms with van der Waals surface area (Å²) in [5, 5.41) is 2.59. The Hall–Kier alpha value is -4.55. The minimum atomic E-state index is -0.979. The number of benzene rings is 1. The second-order valence-corrected chi connectivity index (χ2v) is 7.57. The van der Waals surface area contributed by atoms with Crippen LogP contribution in [0.25, 0.3) is 11.2 Å². The van der Waals surface area contributed by atoms with Gasteiger partial charge in [0, 0.05) is 24.7 Å². The molecular weight excluding hydrogens is 504 g/mol. The molecular formula is C26H38N8O5. The summed E-state index contributed by atoms with van der Waals surface area (Å²) < 4.78 is 9.30. The van der Waals surface area contributed by atoms with Crippen molar-refractivity contribution in [2.75, 3.05) is 37.6 Å². The Bertz CT molecular complexity index is 1240. The van der Waals surface area contributed by atoms with Crippen molar-refractivity contribution >= 4 is 46.5 Å². The molecule has 2 heterocycles. The Morgan fingerprint density at radius 1 is 0.974 bits per heavy atom. The molecule has 39 heavy (non-hydrogen) atoms. The molecule has 1 atom stereocenters. The van der Waals surface area contributed by atoms with Gasteiger partial charge in [0.1, 0.15) is 6.04 Å². The molecule has 0 bridgehead atoms. The van der Waals surface area contributed by atoms with Crippen LogP contribution in [0.4, 0.5) is 17.5 Å². The van der Waals surface area contributed by atoms with Crippen LogP contribution in [0.2, 0.25) is 0 Å². The highest BCUT2D eigenvalue weighted by molar-refractivity contribution is 5.97. The maximum Gasteiger partial charge on any atom is 0.328 e. The summed E-state index contributed by atoms with van der Waals surface area (Å²) in [6.07, 6.45) is 1.59. The number of nitrogens with one attached hydrogen (secondary N) is 1. The van der Waals surface area contributed by atoms with Gasteiger partial charge in [-0.3, -0.25) is 9.59 Å².